The van der Waals surface area contributed by atoms with Crippen LogP contribution in [0.1, 0.15) is 82.5 Å². The second-order valence-corrected chi connectivity index (χ2v) is 27.0. The van der Waals surface area contributed by atoms with Crippen LogP contribution in [0.25, 0.3) is 77.3 Å². The second-order valence-electron chi connectivity index (χ2n) is 18.8. The number of nitrogens with zero attached hydrogens (tertiary/aromatic N) is 6. The molecule has 18 nitrogen and oxygen atoms in total. The molecule has 0 aliphatic carbocycles. The van der Waals surface area contributed by atoms with Crippen LogP contribution in [0.4, 0.5) is 11.9 Å². The van der Waals surface area contributed by atoms with Gasteiger partial charge in [-0.25, -0.2) is 26.8 Å². The van der Waals surface area contributed by atoms with Crippen LogP contribution in [0.5, 0.6) is 0 Å². The normalized spacial score (nSPS) is 11.6. The molecule has 6 N–H and O–H groups in total. The molecule has 0 aliphatic rings. The molecule has 0 saturated heterocycles. The van der Waals surface area contributed by atoms with E-state index in [1.807, 2.05) is 102 Å². The van der Waals surface area contributed by atoms with Gasteiger partial charge in [-0.15, -0.1) is 0 Å². The number of halogens is 2. The van der Waals surface area contributed by atoms with E-state index in [2.05, 4.69) is 90.2 Å². The van der Waals surface area contributed by atoms with Crippen molar-refractivity contribution in [3.05, 3.63) is 123 Å². The molecule has 0 saturated carbocycles. The average molecular weight is 1320 g/mol. The first-order valence-electron chi connectivity index (χ1n) is 24.6. The quantitative estimate of drug-likeness (QED) is 0.0384. The van der Waals surface area contributed by atoms with Crippen molar-refractivity contribution < 1.29 is 57.1 Å². The van der Waals surface area contributed by atoms with Crippen LogP contribution in [0.3, 0.4) is 0 Å². The summed E-state index contributed by atoms with van der Waals surface area (Å²) in [5.74, 6) is 1.84. The van der Waals surface area contributed by atoms with Crippen LogP contribution >= 0.6 is 22.6 Å². The van der Waals surface area contributed by atoms with Gasteiger partial charge in [0.25, 0.3) is 0 Å². The molecule has 0 amide bonds. The van der Waals surface area contributed by atoms with E-state index in [4.69, 9.17) is 9.05 Å². The predicted molar refractivity (Wildman–Crippen MR) is 320 cm³/mol. The van der Waals surface area contributed by atoms with Gasteiger partial charge >= 0.3 is 51.0 Å². The van der Waals surface area contributed by atoms with Crippen molar-refractivity contribution >= 4 is 111 Å². The van der Waals surface area contributed by atoms with E-state index in [0.717, 1.165) is 92.5 Å². The molecule has 10 rings (SSSR count). The first-order valence-corrected chi connectivity index (χ1v) is 32.4. The number of alkyl halides is 2. The van der Waals surface area contributed by atoms with Gasteiger partial charge in [-0.3, -0.25) is 19.4 Å². The number of H-pyrrole nitrogens is 2. The van der Waals surface area contributed by atoms with Crippen molar-refractivity contribution in [2.45, 2.75) is 101 Å². The predicted octanol–water partition coefficient (Wildman–Crippen LogP) is 8.07. The number of imidazole rings is 2. The van der Waals surface area contributed by atoms with Crippen molar-refractivity contribution in [2.24, 2.45) is 0 Å². The number of rotatable bonds is 12. The van der Waals surface area contributed by atoms with Gasteiger partial charge in [-0.2, -0.15) is 0 Å². The van der Waals surface area contributed by atoms with Crippen molar-refractivity contribution in [1.29, 1.82) is 0 Å². The fourth-order valence-electron chi connectivity index (χ4n) is 8.50. The van der Waals surface area contributed by atoms with Gasteiger partial charge in [0.2, 0.25) is 31.9 Å². The minimum Gasteiger partial charge on any atom is -0.423 e. The Kier molecular flexibility index (Phi) is 20.3. The molecule has 10 aromatic rings. The molecular weight excluding hydrogens is 1260 g/mol. The summed E-state index contributed by atoms with van der Waals surface area (Å²) >= 11 is 2.79. The zero-order valence-corrected chi connectivity index (χ0v) is 50.8. The van der Waals surface area contributed by atoms with E-state index in [1.54, 1.807) is 46.2 Å². The monoisotopic (exact) mass is 1320 g/mol. The molecule has 0 fully saturated rings. The minimum atomic E-state index is -3.56. The van der Waals surface area contributed by atoms with Gasteiger partial charge in [0, 0.05) is 43.4 Å². The third kappa shape index (κ3) is 13.7. The van der Waals surface area contributed by atoms with Crippen molar-refractivity contribution in [3.63, 3.8) is 0 Å². The number of hydrogen-bond donors (Lipinski definition) is 6. The number of nitrogens with one attached hydrogen (secondary N) is 4. The Morgan fingerprint density at radius 1 is 0.667 bits per heavy atom. The van der Waals surface area contributed by atoms with Crippen LogP contribution < -0.4 is 36.1 Å². The van der Waals surface area contributed by atoms with E-state index in [0.29, 0.717) is 49.0 Å². The number of hydrogen-bond acceptors (Lipinski definition) is 14. The number of benzene rings is 4. The number of aryl methyl sites for hydroxylation is 6. The van der Waals surface area contributed by atoms with Crippen molar-refractivity contribution in [2.75, 3.05) is 18.8 Å². The van der Waals surface area contributed by atoms with Gasteiger partial charge < -0.3 is 29.1 Å². The Labute approximate surface area is 480 Å². The SMILES string of the molecule is C.CCC[I-]C.Cc1ccc2ncccc2c1-c1cc(-c2c(C)noc2C)cc2[nH]c(NS(=O)(=O)C(C)C)nc12.Cc1ccc2ncccc2c1B(O)O.Cc1noc(C)c1-c1cc(I)c2nc(NS(=O)(=O)C(C)C)[nH]c2c1. The number of aromatic amines is 2. The summed E-state index contributed by atoms with van der Waals surface area (Å²) in [5, 5.41) is 27.2. The fourth-order valence-corrected chi connectivity index (χ4v) is 11.5. The number of anilines is 2. The van der Waals surface area contributed by atoms with Gasteiger partial charge in [0.15, 0.2) is 0 Å². The molecule has 4 aromatic carbocycles. The topological polar surface area (TPSA) is 268 Å². The van der Waals surface area contributed by atoms with Gasteiger partial charge in [-0.05, 0) is 168 Å². The van der Waals surface area contributed by atoms with E-state index >= 15 is 0 Å². The van der Waals surface area contributed by atoms with E-state index in [1.165, 1.54) is 10.8 Å². The van der Waals surface area contributed by atoms with Gasteiger partial charge in [0.05, 0.1) is 49.5 Å². The molecule has 23 heteroatoms. The van der Waals surface area contributed by atoms with E-state index in [-0.39, 0.29) is 19.3 Å². The third-order valence-corrected chi connectivity index (χ3v) is 18.9. The smallest absolute Gasteiger partial charge is 0.423 e. The first-order chi connectivity index (χ1) is 36.5. The average Bonchev–Trinajstić information content (AvgIpc) is 4.25. The maximum absolute atomic E-state index is 12.5. The molecule has 78 heavy (non-hydrogen) atoms. The van der Waals surface area contributed by atoms with Crippen LogP contribution in [0.2, 0.25) is 0 Å². The Hall–Kier alpha value is -6.00. The van der Waals surface area contributed by atoms with Crippen molar-refractivity contribution in [1.82, 2.24) is 40.2 Å². The summed E-state index contributed by atoms with van der Waals surface area (Å²) in [6.45, 7) is 20.1. The summed E-state index contributed by atoms with van der Waals surface area (Å²) in [7, 11) is -8.46. The number of aromatic nitrogens is 8. The maximum Gasteiger partial charge on any atom is 0.489 e. The van der Waals surface area contributed by atoms with Crippen LogP contribution in [0, 0.1) is 45.1 Å². The zero-order valence-electron chi connectivity index (χ0n) is 44.8. The molecule has 6 heterocycles. The third-order valence-electron chi connectivity index (χ3n) is 12.4. The molecule has 0 atom stereocenters. The van der Waals surface area contributed by atoms with E-state index in [9.17, 15) is 26.9 Å². The van der Waals surface area contributed by atoms with Gasteiger partial charge in [0.1, 0.15) is 17.0 Å². The van der Waals surface area contributed by atoms with Crippen LogP contribution in [0.15, 0.2) is 94.2 Å². The summed E-state index contributed by atoms with van der Waals surface area (Å²) in [6, 6.07) is 23.2. The number of pyridine rings is 2. The van der Waals surface area contributed by atoms with Crippen molar-refractivity contribution in [3.8, 4) is 33.4 Å². The number of sulfonamides is 2. The molecule has 0 aliphatic heterocycles. The standard InChI is InChI=1S/C25H25N5O3S.C15H17IN4O3S.C10H10BNO2.C4H10I.CH4/c1-13(2)34(31,32)30-25-27-21-12-17(23-15(4)29-33-16(23)5)11-19(24(21)28-25)22-14(3)8-9-20-18(22)7-6-10-26-20;1-7(2)24(21,22)20-15-17-12-6-10(5-11(16)14(12)18-15)13-8(3)19-23-9(13)4;1-7-4-5-9-8(3-2-6-12-9)10(7)11(13)14;1-3-4-5-2;/h6-13H,1-5H3,(H2,27,28,30);5-7H,1-4H3,(H2,17,18,20);2-6,13-14H,1H3;3-4H2,1-2H3;1H4/q;;;-1;. The zero-order chi connectivity index (χ0) is 56.1. The second kappa shape index (κ2) is 25.9. The Bertz CT molecular complexity index is 3930. The Morgan fingerprint density at radius 2 is 1.14 bits per heavy atom. The molecule has 414 valence electrons. The summed E-state index contributed by atoms with van der Waals surface area (Å²) in [5.41, 5.74) is 14.1. The summed E-state index contributed by atoms with van der Waals surface area (Å²) < 4.78 is 67.1. The summed E-state index contributed by atoms with van der Waals surface area (Å²) in [6.07, 6.45) is 4.85. The Morgan fingerprint density at radius 3 is 1.60 bits per heavy atom. The molecule has 0 radical (unpaired) electrons. The van der Waals surface area contributed by atoms with Crippen LogP contribution in [-0.4, -0.2) is 94.1 Å². The molecule has 0 unspecified atom stereocenters. The van der Waals surface area contributed by atoms with Gasteiger partial charge in [-0.1, -0.05) is 47.6 Å². The maximum atomic E-state index is 12.5. The fraction of sp³-hybridized carbons (Fsp3) is 0.309. The molecular formula is C55H66BI2N10O8S2-. The minimum absolute atomic E-state index is 0. The first kappa shape index (κ1) is 61.2. The van der Waals surface area contributed by atoms with E-state index < -0.39 is 37.7 Å². The molecule has 6 aromatic heterocycles. The molecule has 0 spiro atoms. The Balaban J connectivity index is 0.000000194. The largest absolute Gasteiger partial charge is 0.489 e. The number of fused-ring (bicyclic) bond motifs is 4. The molecule has 0 bridgehead atoms. The summed E-state index contributed by atoms with van der Waals surface area (Å²) in [4.78, 5) is 26.2. The van der Waals surface area contributed by atoms with Crippen LogP contribution in [-0.2, 0) is 20.0 Å².